The predicted molar refractivity (Wildman–Crippen MR) is 194 cm³/mol. The van der Waals surface area contributed by atoms with Gasteiger partial charge < -0.3 is 26.0 Å². The molecule has 1 aliphatic rings. The van der Waals surface area contributed by atoms with Gasteiger partial charge >= 0.3 is 5.92 Å². The number of hydrogen-bond acceptors (Lipinski definition) is 8. The monoisotopic (exact) mass is 783 g/mol. The molecule has 3 atom stereocenters. The molecule has 13 nitrogen and oxygen atoms in total. The van der Waals surface area contributed by atoms with Crippen molar-refractivity contribution in [3.05, 3.63) is 64.7 Å². The summed E-state index contributed by atoms with van der Waals surface area (Å²) in [4.78, 5) is 66.3. The van der Waals surface area contributed by atoms with E-state index >= 15 is 8.78 Å². The van der Waals surface area contributed by atoms with E-state index in [1.807, 2.05) is 4.72 Å². The molecule has 2 unspecified atom stereocenters. The molecule has 5 N–H and O–H groups in total. The van der Waals surface area contributed by atoms with Crippen molar-refractivity contribution < 1.29 is 46.3 Å². The molecule has 1 saturated carbocycles. The number of alkyl halides is 2. The van der Waals surface area contributed by atoms with Gasteiger partial charge in [0, 0.05) is 28.7 Å². The number of sulfonamides is 1. The zero-order chi connectivity index (χ0) is 39.7. The maximum Gasteiger partial charge on any atom is 0.351 e. The molecule has 0 radical (unpaired) electrons. The third-order valence-electron chi connectivity index (χ3n) is 8.95. The summed E-state index contributed by atoms with van der Waals surface area (Å²) >= 11 is 5.80. The van der Waals surface area contributed by atoms with Gasteiger partial charge in [-0.3, -0.25) is 24.0 Å². The van der Waals surface area contributed by atoms with Gasteiger partial charge in [-0.1, -0.05) is 59.1 Å². The van der Waals surface area contributed by atoms with Crippen LogP contribution < -0.4 is 20.7 Å². The molecule has 2 aromatic carbocycles. The number of carbonyl (C=O) groups excluding carboxylic acids is 5. The molecular weight excluding hydrogens is 736 g/mol. The van der Waals surface area contributed by atoms with Crippen LogP contribution in [0, 0.1) is 11.8 Å². The first-order chi connectivity index (χ1) is 24.8. The van der Waals surface area contributed by atoms with Crippen molar-refractivity contribution in [3.63, 3.8) is 0 Å². The fourth-order valence-corrected chi connectivity index (χ4v) is 7.19. The highest BCUT2D eigenvalue weighted by atomic mass is 35.5. The normalized spacial score (nSPS) is 15.4. The molecule has 0 saturated heterocycles. The average molecular weight is 784 g/mol. The molecule has 0 spiro atoms. The van der Waals surface area contributed by atoms with Crippen LogP contribution in [-0.2, 0) is 24.4 Å². The van der Waals surface area contributed by atoms with Crippen LogP contribution >= 0.6 is 11.6 Å². The quantitative estimate of drug-likeness (QED) is 0.161. The van der Waals surface area contributed by atoms with Gasteiger partial charge in [-0.2, -0.15) is 8.78 Å². The Morgan fingerprint density at radius 3 is 1.94 bits per heavy atom. The first-order valence-corrected chi connectivity index (χ1v) is 19.3. The largest absolute Gasteiger partial charge is 0.384 e. The van der Waals surface area contributed by atoms with Crippen LogP contribution in [-0.4, -0.2) is 91.2 Å². The van der Waals surface area contributed by atoms with Gasteiger partial charge in [0.1, 0.15) is 12.1 Å². The molecule has 5 amide bonds. The van der Waals surface area contributed by atoms with Crippen molar-refractivity contribution in [2.75, 3.05) is 13.1 Å². The zero-order valence-electron chi connectivity index (χ0n) is 30.3. The standard InChI is InChI=1S/C36H48ClF2N5O8S/c1-6-19-40-35(50)36(38,39)31(46)30(22(4)5)44(26-9-7-8-10-26)28(45)20-41-34(49)29(21(2)3)42-32(47)23-11-13-24(14-12-23)33(48)43-53(51,52)27-17-15-25(37)16-18-27/h11-18,21-22,26,29-31,46H,6-10,19-20H2,1-5H3,(H,40,50)(H,41,49)(H,42,47)(H,43,48)/t29-,30?,31?/m0/s1. The Hall–Kier alpha value is -4.15. The summed E-state index contributed by atoms with van der Waals surface area (Å²) in [5.41, 5.74) is -0.0200. The van der Waals surface area contributed by atoms with Gasteiger partial charge in [0.05, 0.1) is 17.5 Å². The second-order valence-corrected chi connectivity index (χ2v) is 15.8. The molecule has 0 bridgehead atoms. The van der Waals surface area contributed by atoms with E-state index in [4.69, 9.17) is 11.6 Å². The van der Waals surface area contributed by atoms with Gasteiger partial charge in [0.25, 0.3) is 27.7 Å². The van der Waals surface area contributed by atoms with Crippen LogP contribution in [0.3, 0.4) is 0 Å². The molecule has 1 aliphatic carbocycles. The molecule has 1 fully saturated rings. The number of nitrogens with zero attached hydrogens (tertiary/aromatic N) is 1. The maximum atomic E-state index is 15.3. The lowest BCUT2D eigenvalue weighted by molar-refractivity contribution is -0.180. The first kappa shape index (κ1) is 43.3. The SMILES string of the molecule is CCCNC(=O)C(F)(F)C(O)C(C(C)C)N(C(=O)CNC(=O)[C@@H](NC(=O)c1ccc(C(=O)NS(=O)(=O)c2ccc(Cl)cc2)cc1)C(C)C)C1CCCC1. The van der Waals surface area contributed by atoms with E-state index in [0.29, 0.717) is 24.3 Å². The smallest absolute Gasteiger partial charge is 0.351 e. The molecule has 0 aliphatic heterocycles. The Bertz CT molecular complexity index is 1720. The van der Waals surface area contributed by atoms with E-state index in [-0.39, 0.29) is 22.6 Å². The summed E-state index contributed by atoms with van der Waals surface area (Å²) in [6.07, 6.45) is 0.322. The fraction of sp³-hybridized carbons (Fsp3) is 0.528. The van der Waals surface area contributed by atoms with Gasteiger partial charge in [0.2, 0.25) is 11.8 Å². The lowest BCUT2D eigenvalue weighted by Gasteiger charge is -2.43. The van der Waals surface area contributed by atoms with Gasteiger partial charge in [-0.05, 0) is 79.6 Å². The second-order valence-electron chi connectivity index (χ2n) is 13.7. The van der Waals surface area contributed by atoms with E-state index < -0.39 is 88.1 Å². The number of halogens is 3. The fourth-order valence-electron chi connectivity index (χ4n) is 6.09. The van der Waals surface area contributed by atoms with Crippen LogP contribution in [0.2, 0.25) is 5.02 Å². The number of hydrogen-bond donors (Lipinski definition) is 5. The summed E-state index contributed by atoms with van der Waals surface area (Å²) in [6.45, 7) is 7.49. The molecule has 17 heteroatoms. The molecule has 53 heavy (non-hydrogen) atoms. The Morgan fingerprint density at radius 1 is 0.887 bits per heavy atom. The maximum absolute atomic E-state index is 15.3. The summed E-state index contributed by atoms with van der Waals surface area (Å²) in [7, 11) is -4.21. The third kappa shape index (κ3) is 11.2. The molecule has 3 rings (SSSR count). The lowest BCUT2D eigenvalue weighted by atomic mass is 9.90. The molecule has 0 aromatic heterocycles. The number of rotatable bonds is 17. The van der Waals surface area contributed by atoms with E-state index in [1.54, 1.807) is 34.6 Å². The van der Waals surface area contributed by atoms with Crippen molar-refractivity contribution in [2.24, 2.45) is 11.8 Å². The van der Waals surface area contributed by atoms with Crippen LogP contribution in [0.5, 0.6) is 0 Å². The van der Waals surface area contributed by atoms with Crippen LogP contribution in [0.15, 0.2) is 53.4 Å². The number of aliphatic hydroxyl groups is 1. The number of amides is 5. The van der Waals surface area contributed by atoms with E-state index in [1.165, 1.54) is 53.4 Å². The Balaban J connectivity index is 1.71. The molecule has 292 valence electrons. The molecular formula is C36H48ClF2N5O8S. The summed E-state index contributed by atoms with van der Waals surface area (Å²) in [5, 5.41) is 18.5. The van der Waals surface area contributed by atoms with Crippen LogP contribution in [0.1, 0.15) is 87.4 Å². The Labute approximate surface area is 313 Å². The van der Waals surface area contributed by atoms with E-state index in [0.717, 1.165) is 12.8 Å². The number of carbonyl (C=O) groups is 5. The molecule has 0 heterocycles. The molecule has 2 aromatic rings. The number of nitrogens with one attached hydrogen (secondary N) is 4. The summed E-state index contributed by atoms with van der Waals surface area (Å²) < 4.78 is 57.6. The van der Waals surface area contributed by atoms with Crippen molar-refractivity contribution in [1.82, 2.24) is 25.6 Å². The van der Waals surface area contributed by atoms with Gasteiger partial charge in [0.15, 0.2) is 0 Å². The average Bonchev–Trinajstić information content (AvgIpc) is 3.64. The topological polar surface area (TPSA) is 191 Å². The minimum absolute atomic E-state index is 0.0148. The highest BCUT2D eigenvalue weighted by Gasteiger charge is 2.53. The van der Waals surface area contributed by atoms with Crippen molar-refractivity contribution in [1.29, 1.82) is 0 Å². The van der Waals surface area contributed by atoms with Crippen molar-refractivity contribution in [3.8, 4) is 0 Å². The second kappa shape index (κ2) is 18.7. The van der Waals surface area contributed by atoms with E-state index in [9.17, 15) is 37.5 Å². The van der Waals surface area contributed by atoms with Crippen LogP contribution in [0.25, 0.3) is 0 Å². The van der Waals surface area contributed by atoms with Gasteiger partial charge in [-0.15, -0.1) is 0 Å². The van der Waals surface area contributed by atoms with Crippen LogP contribution in [0.4, 0.5) is 8.78 Å². The lowest BCUT2D eigenvalue weighted by Crippen LogP contribution is -2.63. The minimum atomic E-state index is -4.21. The summed E-state index contributed by atoms with van der Waals surface area (Å²) in [6, 6.07) is 7.10. The highest BCUT2D eigenvalue weighted by molar-refractivity contribution is 7.90. The number of benzene rings is 2. The zero-order valence-corrected chi connectivity index (χ0v) is 31.9. The predicted octanol–water partition coefficient (Wildman–Crippen LogP) is 3.65. The Morgan fingerprint density at radius 2 is 1.43 bits per heavy atom. The van der Waals surface area contributed by atoms with Crippen molar-refractivity contribution in [2.45, 2.75) is 102 Å². The first-order valence-electron chi connectivity index (χ1n) is 17.5. The summed E-state index contributed by atoms with van der Waals surface area (Å²) in [5.74, 6) is -10.1. The third-order valence-corrected chi connectivity index (χ3v) is 10.6. The van der Waals surface area contributed by atoms with Gasteiger partial charge in [-0.25, -0.2) is 13.1 Å². The Kier molecular flexibility index (Phi) is 15.3. The highest BCUT2D eigenvalue weighted by Crippen LogP contribution is 2.33. The van der Waals surface area contributed by atoms with E-state index in [2.05, 4.69) is 16.0 Å². The van der Waals surface area contributed by atoms with Crippen molar-refractivity contribution >= 4 is 51.2 Å². The number of aliphatic hydroxyl groups excluding tert-OH is 1. The minimum Gasteiger partial charge on any atom is -0.384 e.